The highest BCUT2D eigenvalue weighted by Gasteiger charge is 2.13. The Balaban J connectivity index is 2.25. The number of hydrogen-bond donors (Lipinski definition) is 1. The lowest BCUT2D eigenvalue weighted by Gasteiger charge is -2.09. The lowest BCUT2D eigenvalue weighted by Crippen LogP contribution is -2.13. The molecule has 0 fully saturated rings. The second-order valence-corrected chi connectivity index (χ2v) is 4.53. The molecular formula is C13H14ClN3O2. The van der Waals surface area contributed by atoms with Gasteiger partial charge >= 0.3 is 0 Å². The van der Waals surface area contributed by atoms with Crippen molar-refractivity contribution in [2.45, 2.75) is 6.92 Å². The van der Waals surface area contributed by atoms with Gasteiger partial charge < -0.3 is 10.1 Å². The molecule has 2 rings (SSSR count). The van der Waals surface area contributed by atoms with Gasteiger partial charge in [-0.15, -0.1) is 0 Å². The molecule has 6 heteroatoms. The maximum atomic E-state index is 12.1. The lowest BCUT2D eigenvalue weighted by atomic mass is 10.2. The third-order valence-corrected chi connectivity index (χ3v) is 2.99. The predicted molar refractivity (Wildman–Crippen MR) is 73.9 cm³/mol. The minimum atomic E-state index is -0.302. The summed E-state index contributed by atoms with van der Waals surface area (Å²) in [6.45, 7) is 1.88. The molecular weight excluding hydrogens is 266 g/mol. The number of carbonyl (C=O) groups is 1. The summed E-state index contributed by atoms with van der Waals surface area (Å²) in [6, 6.07) is 6.74. The number of aromatic nitrogens is 2. The number of halogens is 1. The molecule has 0 aliphatic rings. The molecule has 0 saturated heterocycles. The summed E-state index contributed by atoms with van der Waals surface area (Å²) in [5.41, 5.74) is 1.77. The quantitative estimate of drug-likeness (QED) is 0.940. The number of hydrogen-bond acceptors (Lipinski definition) is 3. The van der Waals surface area contributed by atoms with Gasteiger partial charge in [0.25, 0.3) is 5.91 Å². The van der Waals surface area contributed by atoms with Crippen molar-refractivity contribution in [1.29, 1.82) is 0 Å². The Labute approximate surface area is 116 Å². The van der Waals surface area contributed by atoms with Crippen LogP contribution in [0.3, 0.4) is 0 Å². The summed E-state index contributed by atoms with van der Waals surface area (Å²) >= 11 is 5.91. The first-order valence-corrected chi connectivity index (χ1v) is 6.04. The fourth-order valence-corrected chi connectivity index (χ4v) is 1.81. The second-order valence-electron chi connectivity index (χ2n) is 4.09. The van der Waals surface area contributed by atoms with Gasteiger partial charge in [0.05, 0.1) is 12.8 Å². The smallest absolute Gasteiger partial charge is 0.276 e. The maximum Gasteiger partial charge on any atom is 0.276 e. The topological polar surface area (TPSA) is 56.1 Å². The van der Waals surface area contributed by atoms with E-state index < -0.39 is 0 Å². The Morgan fingerprint density at radius 3 is 2.74 bits per heavy atom. The Morgan fingerprint density at radius 1 is 1.42 bits per heavy atom. The van der Waals surface area contributed by atoms with E-state index >= 15 is 0 Å². The van der Waals surface area contributed by atoms with E-state index in [1.54, 1.807) is 36.0 Å². The molecule has 1 aromatic heterocycles. The summed E-state index contributed by atoms with van der Waals surface area (Å²) in [5, 5.41) is 7.37. The SMILES string of the molecule is COc1ccc(Cl)cc1NC(=O)c1cc(C)n(C)n1. The highest BCUT2D eigenvalue weighted by atomic mass is 35.5. The molecule has 1 aromatic carbocycles. The predicted octanol–water partition coefficient (Wildman–Crippen LogP) is 2.64. The summed E-state index contributed by atoms with van der Waals surface area (Å²) in [4.78, 5) is 12.1. The zero-order chi connectivity index (χ0) is 14.0. The molecule has 1 N–H and O–H groups in total. The van der Waals surface area contributed by atoms with Gasteiger partial charge in [-0.3, -0.25) is 9.48 Å². The van der Waals surface area contributed by atoms with E-state index in [9.17, 15) is 4.79 Å². The fourth-order valence-electron chi connectivity index (χ4n) is 1.64. The largest absolute Gasteiger partial charge is 0.495 e. The standard InChI is InChI=1S/C13H14ClN3O2/c1-8-6-11(16-17(8)2)13(18)15-10-7-9(14)4-5-12(10)19-3/h4-7H,1-3H3,(H,15,18). The third kappa shape index (κ3) is 2.88. The molecule has 0 saturated carbocycles. The van der Waals surface area contributed by atoms with E-state index in [0.717, 1.165) is 5.69 Å². The average molecular weight is 280 g/mol. The van der Waals surface area contributed by atoms with Crippen LogP contribution in [0.2, 0.25) is 5.02 Å². The van der Waals surface area contributed by atoms with Crippen molar-refractivity contribution >= 4 is 23.2 Å². The van der Waals surface area contributed by atoms with Gasteiger partial charge in [-0.25, -0.2) is 0 Å². The zero-order valence-corrected chi connectivity index (χ0v) is 11.7. The molecule has 0 aliphatic heterocycles. The van der Waals surface area contributed by atoms with Crippen LogP contribution in [0.25, 0.3) is 0 Å². The van der Waals surface area contributed by atoms with Crippen LogP contribution in [-0.4, -0.2) is 22.8 Å². The van der Waals surface area contributed by atoms with Crippen LogP contribution in [-0.2, 0) is 7.05 Å². The van der Waals surface area contributed by atoms with Crippen molar-refractivity contribution in [3.63, 3.8) is 0 Å². The second kappa shape index (κ2) is 5.32. The van der Waals surface area contributed by atoms with Gasteiger partial charge in [0.2, 0.25) is 0 Å². The number of nitrogens with one attached hydrogen (secondary N) is 1. The van der Waals surface area contributed by atoms with Gasteiger partial charge in [-0.1, -0.05) is 11.6 Å². The van der Waals surface area contributed by atoms with Crippen LogP contribution in [0.5, 0.6) is 5.75 Å². The van der Waals surface area contributed by atoms with Crippen LogP contribution in [0, 0.1) is 6.92 Å². The molecule has 5 nitrogen and oxygen atoms in total. The van der Waals surface area contributed by atoms with Gasteiger partial charge in [-0.2, -0.15) is 5.10 Å². The van der Waals surface area contributed by atoms with Gasteiger partial charge in [0.15, 0.2) is 5.69 Å². The number of rotatable bonds is 3. The Morgan fingerprint density at radius 2 is 2.16 bits per heavy atom. The van der Waals surface area contributed by atoms with Crippen LogP contribution in [0.4, 0.5) is 5.69 Å². The monoisotopic (exact) mass is 279 g/mol. The maximum absolute atomic E-state index is 12.1. The van der Waals surface area contributed by atoms with E-state index in [1.165, 1.54) is 7.11 Å². The van der Waals surface area contributed by atoms with E-state index in [1.807, 2.05) is 6.92 Å². The van der Waals surface area contributed by atoms with Crippen molar-refractivity contribution in [2.24, 2.45) is 7.05 Å². The highest BCUT2D eigenvalue weighted by Crippen LogP contribution is 2.27. The molecule has 100 valence electrons. The average Bonchev–Trinajstić information content (AvgIpc) is 2.70. The van der Waals surface area contributed by atoms with Crippen LogP contribution < -0.4 is 10.1 Å². The molecule has 0 aliphatic carbocycles. The van der Waals surface area contributed by atoms with Gasteiger partial charge in [-0.05, 0) is 31.2 Å². The normalized spacial score (nSPS) is 10.3. The minimum Gasteiger partial charge on any atom is -0.495 e. The summed E-state index contributed by atoms with van der Waals surface area (Å²) in [5.74, 6) is 0.245. The van der Waals surface area contributed by atoms with E-state index in [-0.39, 0.29) is 5.91 Å². The number of amides is 1. The van der Waals surface area contributed by atoms with Crippen LogP contribution in [0.15, 0.2) is 24.3 Å². The van der Waals surface area contributed by atoms with E-state index in [2.05, 4.69) is 10.4 Å². The Kier molecular flexibility index (Phi) is 3.76. The minimum absolute atomic E-state index is 0.302. The molecule has 19 heavy (non-hydrogen) atoms. The summed E-state index contributed by atoms with van der Waals surface area (Å²) < 4.78 is 6.81. The number of methoxy groups -OCH3 is 1. The molecule has 1 heterocycles. The summed E-state index contributed by atoms with van der Waals surface area (Å²) in [7, 11) is 3.32. The lowest BCUT2D eigenvalue weighted by molar-refractivity contribution is 0.102. The van der Waals surface area contributed by atoms with E-state index in [4.69, 9.17) is 16.3 Å². The Bertz CT molecular complexity index is 603. The fraction of sp³-hybridized carbons (Fsp3) is 0.231. The van der Waals surface area contributed by atoms with E-state index in [0.29, 0.717) is 22.2 Å². The molecule has 0 bridgehead atoms. The van der Waals surface area contributed by atoms with Gasteiger partial charge in [0, 0.05) is 17.8 Å². The first-order chi connectivity index (χ1) is 9.01. The first kappa shape index (κ1) is 13.4. The van der Waals surface area contributed by atoms with Crippen molar-refractivity contribution in [3.05, 3.63) is 40.7 Å². The van der Waals surface area contributed by atoms with Crippen LogP contribution >= 0.6 is 11.6 Å². The number of aryl methyl sites for hydroxylation is 2. The van der Waals surface area contributed by atoms with Crippen molar-refractivity contribution in [3.8, 4) is 5.75 Å². The molecule has 0 atom stereocenters. The number of benzene rings is 1. The highest BCUT2D eigenvalue weighted by molar-refractivity contribution is 6.31. The number of carbonyl (C=O) groups excluding carboxylic acids is 1. The van der Waals surface area contributed by atoms with Crippen molar-refractivity contribution < 1.29 is 9.53 Å². The summed E-state index contributed by atoms with van der Waals surface area (Å²) in [6.07, 6.45) is 0. The number of anilines is 1. The molecule has 2 aromatic rings. The number of ether oxygens (including phenoxy) is 1. The molecule has 1 amide bonds. The number of nitrogens with zero attached hydrogens (tertiary/aromatic N) is 2. The first-order valence-electron chi connectivity index (χ1n) is 5.67. The Hall–Kier alpha value is -2.01. The zero-order valence-electron chi connectivity index (χ0n) is 10.9. The molecule has 0 spiro atoms. The van der Waals surface area contributed by atoms with Gasteiger partial charge in [0.1, 0.15) is 5.75 Å². The van der Waals surface area contributed by atoms with Crippen molar-refractivity contribution in [2.75, 3.05) is 12.4 Å². The molecule has 0 unspecified atom stereocenters. The third-order valence-electron chi connectivity index (χ3n) is 2.76. The molecule has 0 radical (unpaired) electrons. The van der Waals surface area contributed by atoms with Crippen LogP contribution in [0.1, 0.15) is 16.2 Å². The van der Waals surface area contributed by atoms with Crippen molar-refractivity contribution in [1.82, 2.24) is 9.78 Å².